The van der Waals surface area contributed by atoms with Crippen LogP contribution in [0.2, 0.25) is 0 Å². The Balaban J connectivity index is 0.00000289. The van der Waals surface area contributed by atoms with E-state index in [2.05, 4.69) is 80.2 Å². The molecule has 4 rings (SSSR count). The molecule has 0 amide bonds. The molecule has 170 valence electrons. The quantitative estimate of drug-likeness (QED) is 0.255. The predicted octanol–water partition coefficient (Wildman–Crippen LogP) is 4.11. The number of nitrogens with one attached hydrogen (secondary N) is 1. The molecule has 0 spiro atoms. The fraction of sp³-hybridized carbons (Fsp3) is 0.360. The minimum Gasteiger partial charge on any atom is -0.370 e. The Morgan fingerprint density at radius 2 is 2.00 bits per heavy atom. The van der Waals surface area contributed by atoms with Gasteiger partial charge in [-0.2, -0.15) is 0 Å². The number of hydrogen-bond donors (Lipinski definition) is 2. The van der Waals surface area contributed by atoms with Crippen LogP contribution in [0.3, 0.4) is 0 Å². The van der Waals surface area contributed by atoms with Crippen molar-refractivity contribution in [3.63, 3.8) is 0 Å². The van der Waals surface area contributed by atoms with Crippen molar-refractivity contribution in [1.29, 1.82) is 0 Å². The van der Waals surface area contributed by atoms with Gasteiger partial charge in [0.05, 0.1) is 12.9 Å². The van der Waals surface area contributed by atoms with E-state index in [9.17, 15) is 0 Å². The van der Waals surface area contributed by atoms with Gasteiger partial charge >= 0.3 is 0 Å². The maximum atomic E-state index is 6.17. The lowest BCUT2D eigenvalue weighted by Crippen LogP contribution is -2.42. The first-order chi connectivity index (χ1) is 15.2. The zero-order chi connectivity index (χ0) is 21.5. The van der Waals surface area contributed by atoms with E-state index < -0.39 is 0 Å². The topological polar surface area (TPSA) is 71.5 Å². The van der Waals surface area contributed by atoms with E-state index in [4.69, 9.17) is 5.73 Å². The molecule has 6 nitrogen and oxygen atoms in total. The monoisotopic (exact) mass is 544 g/mol. The molecule has 32 heavy (non-hydrogen) atoms. The van der Waals surface area contributed by atoms with Crippen LogP contribution >= 0.6 is 24.0 Å². The molecule has 1 aromatic heterocycles. The molecule has 1 fully saturated rings. The number of rotatable bonds is 8. The Kier molecular flexibility index (Phi) is 9.11. The Morgan fingerprint density at radius 1 is 1.19 bits per heavy atom. The summed E-state index contributed by atoms with van der Waals surface area (Å²) in [6, 6.07) is 17.7. The van der Waals surface area contributed by atoms with Crippen molar-refractivity contribution in [3.8, 4) is 11.1 Å². The number of halogens is 1. The standard InChI is InChI=1S/C25H32N6.HI/c1-2-31-14-5-7-23(31)17-29-25(26)28-16-22-6-3-4-8-24(22)21-11-9-20(10-12-21)18-30-15-13-27-19-30;/h3-4,6,8-13,15,19,23H,2,5,7,14,16-18H2,1H3,(H3,26,28,29);1H. The highest BCUT2D eigenvalue weighted by Gasteiger charge is 2.22. The summed E-state index contributed by atoms with van der Waals surface area (Å²) in [6.45, 7) is 6.76. The summed E-state index contributed by atoms with van der Waals surface area (Å²) in [5.41, 5.74) is 11.0. The molecule has 0 bridgehead atoms. The maximum absolute atomic E-state index is 6.17. The number of aliphatic imine (C=N–C) groups is 1. The van der Waals surface area contributed by atoms with Crippen molar-refractivity contribution in [2.24, 2.45) is 10.7 Å². The van der Waals surface area contributed by atoms with Gasteiger partial charge in [-0.25, -0.2) is 9.98 Å². The van der Waals surface area contributed by atoms with Crippen molar-refractivity contribution < 1.29 is 0 Å². The van der Waals surface area contributed by atoms with Crippen LogP contribution in [0, 0.1) is 0 Å². The lowest BCUT2D eigenvalue weighted by molar-refractivity contribution is 0.267. The molecule has 1 atom stereocenters. The second kappa shape index (κ2) is 12.0. The average Bonchev–Trinajstić information content (AvgIpc) is 3.49. The van der Waals surface area contributed by atoms with Crippen LogP contribution in [-0.2, 0) is 13.1 Å². The first-order valence-corrected chi connectivity index (χ1v) is 11.1. The molecule has 1 aliphatic rings. The van der Waals surface area contributed by atoms with Gasteiger partial charge in [-0.1, -0.05) is 55.5 Å². The van der Waals surface area contributed by atoms with Crippen LogP contribution in [0.4, 0.5) is 0 Å². The van der Waals surface area contributed by atoms with Gasteiger partial charge in [-0.3, -0.25) is 4.90 Å². The van der Waals surface area contributed by atoms with Crippen LogP contribution in [0.25, 0.3) is 11.1 Å². The van der Waals surface area contributed by atoms with Crippen molar-refractivity contribution in [2.45, 2.75) is 38.9 Å². The number of aromatic nitrogens is 2. The van der Waals surface area contributed by atoms with Gasteiger partial charge in [0.25, 0.3) is 0 Å². The second-order valence-corrected chi connectivity index (χ2v) is 8.10. The van der Waals surface area contributed by atoms with E-state index in [0.717, 1.165) is 19.6 Å². The lowest BCUT2D eigenvalue weighted by atomic mass is 9.98. The first kappa shape index (κ1) is 24.3. The molecule has 0 saturated carbocycles. The minimum atomic E-state index is 0. The van der Waals surface area contributed by atoms with E-state index in [1.54, 1.807) is 6.20 Å². The van der Waals surface area contributed by atoms with Crippen LogP contribution < -0.4 is 11.1 Å². The summed E-state index contributed by atoms with van der Waals surface area (Å²) in [5, 5.41) is 3.33. The second-order valence-electron chi connectivity index (χ2n) is 8.10. The predicted molar refractivity (Wildman–Crippen MR) is 142 cm³/mol. The first-order valence-electron chi connectivity index (χ1n) is 11.1. The van der Waals surface area contributed by atoms with Gasteiger partial charge in [-0.15, -0.1) is 24.0 Å². The largest absolute Gasteiger partial charge is 0.370 e. The van der Waals surface area contributed by atoms with Gasteiger partial charge in [0.2, 0.25) is 0 Å². The van der Waals surface area contributed by atoms with E-state index in [0.29, 0.717) is 18.5 Å². The third-order valence-corrected chi connectivity index (χ3v) is 6.05. The molecule has 3 N–H and O–H groups in total. The van der Waals surface area contributed by atoms with E-state index in [1.165, 1.54) is 41.6 Å². The van der Waals surface area contributed by atoms with Crippen molar-refractivity contribution in [2.75, 3.05) is 19.6 Å². The van der Waals surface area contributed by atoms with Crippen molar-refractivity contribution in [3.05, 3.63) is 78.4 Å². The molecule has 2 heterocycles. The third kappa shape index (κ3) is 6.32. The summed E-state index contributed by atoms with van der Waals surface area (Å²) in [6.07, 6.45) is 8.12. The maximum Gasteiger partial charge on any atom is 0.188 e. The summed E-state index contributed by atoms with van der Waals surface area (Å²) in [5.74, 6) is 0.522. The lowest BCUT2D eigenvalue weighted by Gasteiger charge is -2.23. The van der Waals surface area contributed by atoms with Gasteiger partial charge in [0.15, 0.2) is 5.96 Å². The van der Waals surface area contributed by atoms with Crippen molar-refractivity contribution in [1.82, 2.24) is 19.8 Å². The number of nitrogens with zero attached hydrogens (tertiary/aromatic N) is 4. The Hall–Kier alpha value is -2.39. The van der Waals surface area contributed by atoms with Crippen LogP contribution in [0.15, 0.2) is 72.2 Å². The normalized spacial score (nSPS) is 16.7. The van der Waals surface area contributed by atoms with Gasteiger partial charge in [0, 0.05) is 31.5 Å². The van der Waals surface area contributed by atoms with E-state index >= 15 is 0 Å². The number of imidazole rings is 1. The van der Waals surface area contributed by atoms with Gasteiger partial charge in [-0.05, 0) is 48.2 Å². The Labute approximate surface area is 208 Å². The molecule has 1 unspecified atom stereocenters. The molecule has 1 aliphatic heterocycles. The third-order valence-electron chi connectivity index (χ3n) is 6.05. The van der Waals surface area contributed by atoms with Gasteiger partial charge in [0.1, 0.15) is 0 Å². The number of likely N-dealkylation sites (tertiary alicyclic amines) is 1. The fourth-order valence-electron chi connectivity index (χ4n) is 4.31. The highest BCUT2D eigenvalue weighted by molar-refractivity contribution is 14.0. The summed E-state index contributed by atoms with van der Waals surface area (Å²) >= 11 is 0. The zero-order valence-electron chi connectivity index (χ0n) is 18.7. The SMILES string of the molecule is CCN1CCCC1CNC(N)=NCc1ccccc1-c1ccc(Cn2ccnc2)cc1.I. The summed E-state index contributed by atoms with van der Waals surface area (Å²) in [7, 11) is 0. The molecule has 1 saturated heterocycles. The van der Waals surface area contributed by atoms with Crippen LogP contribution in [-0.4, -0.2) is 46.1 Å². The Bertz CT molecular complexity index is 984. The molecule has 0 radical (unpaired) electrons. The van der Waals surface area contributed by atoms with E-state index in [-0.39, 0.29) is 24.0 Å². The van der Waals surface area contributed by atoms with Crippen molar-refractivity contribution >= 4 is 29.9 Å². The number of guanidine groups is 1. The number of likely N-dealkylation sites (N-methyl/N-ethyl adjacent to an activating group) is 1. The van der Waals surface area contributed by atoms with E-state index in [1.807, 2.05) is 12.5 Å². The minimum absolute atomic E-state index is 0. The number of hydrogen-bond acceptors (Lipinski definition) is 3. The fourth-order valence-corrected chi connectivity index (χ4v) is 4.31. The zero-order valence-corrected chi connectivity index (χ0v) is 21.0. The molecule has 3 aromatic rings. The smallest absolute Gasteiger partial charge is 0.188 e. The molecular formula is C25H33IN6. The highest BCUT2D eigenvalue weighted by Crippen LogP contribution is 2.25. The average molecular weight is 544 g/mol. The number of nitrogens with two attached hydrogens (primary N) is 1. The Morgan fingerprint density at radius 3 is 2.75 bits per heavy atom. The highest BCUT2D eigenvalue weighted by atomic mass is 127. The van der Waals surface area contributed by atoms with Gasteiger partial charge < -0.3 is 15.6 Å². The van der Waals surface area contributed by atoms with Crippen LogP contribution in [0.1, 0.15) is 30.9 Å². The molecule has 7 heteroatoms. The number of benzene rings is 2. The molecule has 2 aromatic carbocycles. The summed E-state index contributed by atoms with van der Waals surface area (Å²) in [4.78, 5) is 11.2. The molecular weight excluding hydrogens is 511 g/mol. The van der Waals surface area contributed by atoms with Crippen LogP contribution in [0.5, 0.6) is 0 Å². The summed E-state index contributed by atoms with van der Waals surface area (Å²) < 4.78 is 2.07. The molecule has 0 aliphatic carbocycles.